The second kappa shape index (κ2) is 7.59. The summed E-state index contributed by atoms with van der Waals surface area (Å²) < 4.78 is 3.74. The Hall–Kier alpha value is -2.56. The van der Waals surface area contributed by atoms with E-state index in [0.29, 0.717) is 30.9 Å². The number of benzene rings is 1. The Morgan fingerprint density at radius 2 is 1.74 bits per heavy atom. The molecule has 1 aliphatic carbocycles. The van der Waals surface area contributed by atoms with Crippen LogP contribution < -0.4 is 10.9 Å². The van der Waals surface area contributed by atoms with E-state index in [1.54, 1.807) is 4.57 Å². The van der Waals surface area contributed by atoms with Gasteiger partial charge in [0, 0.05) is 25.2 Å². The lowest BCUT2D eigenvalue weighted by Crippen LogP contribution is -2.37. The van der Waals surface area contributed by atoms with E-state index < -0.39 is 0 Å². The van der Waals surface area contributed by atoms with E-state index in [2.05, 4.69) is 12.2 Å². The quantitative estimate of drug-likeness (QED) is 0.749. The van der Waals surface area contributed by atoms with Crippen LogP contribution in [0.2, 0.25) is 0 Å². The molecule has 0 unspecified atom stereocenters. The molecule has 1 aliphatic rings. The number of nitrogens with one attached hydrogen (secondary N) is 1. The lowest BCUT2D eigenvalue weighted by atomic mass is 9.87. The van der Waals surface area contributed by atoms with Crippen LogP contribution in [0.3, 0.4) is 0 Å². The molecular weight excluding hydrogens is 338 g/mol. The first-order chi connectivity index (χ1) is 13.1. The highest BCUT2D eigenvalue weighted by Crippen LogP contribution is 2.23. The van der Waals surface area contributed by atoms with Crippen molar-refractivity contribution in [2.24, 2.45) is 5.92 Å². The van der Waals surface area contributed by atoms with Crippen LogP contribution in [0.15, 0.2) is 47.4 Å². The second-order valence-corrected chi connectivity index (χ2v) is 7.84. The van der Waals surface area contributed by atoms with Crippen molar-refractivity contribution in [2.75, 3.05) is 0 Å². The van der Waals surface area contributed by atoms with Crippen LogP contribution >= 0.6 is 0 Å². The number of aryl methyl sites for hydroxylation is 1. The molecule has 1 aromatic carbocycles. The van der Waals surface area contributed by atoms with Crippen molar-refractivity contribution in [3.63, 3.8) is 0 Å². The molecule has 0 radical (unpaired) electrons. The van der Waals surface area contributed by atoms with Gasteiger partial charge in [-0.15, -0.1) is 0 Å². The molecule has 1 amide bonds. The first-order valence-electron chi connectivity index (χ1n) is 10.0. The summed E-state index contributed by atoms with van der Waals surface area (Å²) in [5.74, 6) is 0.887. The second-order valence-electron chi connectivity index (χ2n) is 7.84. The Balaban J connectivity index is 1.45. The maximum absolute atomic E-state index is 12.9. The van der Waals surface area contributed by atoms with Gasteiger partial charge in [-0.25, -0.2) is 0 Å². The van der Waals surface area contributed by atoms with Gasteiger partial charge in [-0.1, -0.05) is 19.1 Å². The Morgan fingerprint density at radius 1 is 1.04 bits per heavy atom. The molecule has 2 aromatic heterocycles. The molecule has 1 fully saturated rings. The molecule has 4 rings (SSSR count). The topological polar surface area (TPSA) is 55.5 Å². The van der Waals surface area contributed by atoms with Gasteiger partial charge in [-0.3, -0.25) is 9.59 Å². The number of hydrogen-bond acceptors (Lipinski definition) is 2. The highest BCUT2D eigenvalue weighted by Gasteiger charge is 2.19. The van der Waals surface area contributed by atoms with Crippen LogP contribution in [0.4, 0.5) is 0 Å². The minimum Gasteiger partial charge on any atom is -0.353 e. The first-order valence-corrected chi connectivity index (χ1v) is 10.0. The van der Waals surface area contributed by atoms with Crippen molar-refractivity contribution in [2.45, 2.75) is 58.0 Å². The minimum atomic E-state index is 0.000348. The van der Waals surface area contributed by atoms with Crippen LogP contribution in [-0.2, 0) is 11.3 Å². The predicted octanol–water partition coefficient (Wildman–Crippen LogP) is 3.73. The third-order valence-electron chi connectivity index (χ3n) is 5.81. The van der Waals surface area contributed by atoms with E-state index in [-0.39, 0.29) is 11.5 Å². The van der Waals surface area contributed by atoms with Crippen LogP contribution in [0.1, 0.15) is 45.4 Å². The third kappa shape index (κ3) is 3.64. The van der Waals surface area contributed by atoms with Gasteiger partial charge >= 0.3 is 0 Å². The van der Waals surface area contributed by atoms with Gasteiger partial charge in [-0.05, 0) is 62.3 Å². The van der Waals surface area contributed by atoms with Crippen molar-refractivity contribution >= 4 is 22.5 Å². The summed E-state index contributed by atoms with van der Waals surface area (Å²) in [6, 6.07) is 12.0. The fourth-order valence-electron chi connectivity index (χ4n) is 4.23. The van der Waals surface area contributed by atoms with E-state index in [4.69, 9.17) is 0 Å². The van der Waals surface area contributed by atoms with Crippen LogP contribution in [0.25, 0.3) is 16.6 Å². The number of rotatable bonds is 5. The Bertz CT molecular complexity index is 1010. The lowest BCUT2D eigenvalue weighted by Gasteiger charge is -2.26. The number of carbonyl (C=O) groups is 1. The number of aromatic nitrogens is 2. The van der Waals surface area contributed by atoms with Gasteiger partial charge in [0.05, 0.1) is 11.0 Å². The van der Waals surface area contributed by atoms with Crippen molar-refractivity contribution in [1.82, 2.24) is 14.3 Å². The van der Waals surface area contributed by atoms with Crippen molar-refractivity contribution < 1.29 is 4.79 Å². The molecule has 5 heteroatoms. The third-order valence-corrected chi connectivity index (χ3v) is 5.81. The van der Waals surface area contributed by atoms with Crippen molar-refractivity contribution in [3.05, 3.63) is 52.9 Å². The number of hydrogen-bond donors (Lipinski definition) is 1. The largest absolute Gasteiger partial charge is 0.353 e. The first kappa shape index (κ1) is 17.8. The molecule has 3 aromatic rings. The molecule has 27 heavy (non-hydrogen) atoms. The molecule has 5 nitrogen and oxygen atoms in total. The van der Waals surface area contributed by atoms with Gasteiger partial charge in [0.1, 0.15) is 5.52 Å². The number of para-hydroxylation sites is 2. The maximum Gasteiger partial charge on any atom is 0.275 e. The summed E-state index contributed by atoms with van der Waals surface area (Å²) in [5, 5.41) is 3.17. The molecule has 1 saturated carbocycles. The SMILES string of the molecule is CC1CCC(NC(=O)CCCn2c(=O)c3cccn3c3ccccc32)CC1. The normalized spacial score (nSPS) is 20.2. The summed E-state index contributed by atoms with van der Waals surface area (Å²) >= 11 is 0. The average molecular weight is 365 g/mol. The Kier molecular flexibility index (Phi) is 5.01. The highest BCUT2D eigenvalue weighted by atomic mass is 16.1. The van der Waals surface area contributed by atoms with Gasteiger partial charge in [0.2, 0.25) is 5.91 Å². The van der Waals surface area contributed by atoms with E-state index in [9.17, 15) is 9.59 Å². The number of amides is 1. The molecule has 1 N–H and O–H groups in total. The van der Waals surface area contributed by atoms with Gasteiger partial charge < -0.3 is 14.3 Å². The van der Waals surface area contributed by atoms with Crippen LogP contribution in [-0.4, -0.2) is 20.9 Å². The lowest BCUT2D eigenvalue weighted by molar-refractivity contribution is -0.122. The number of carbonyl (C=O) groups excluding carboxylic acids is 1. The van der Waals surface area contributed by atoms with Gasteiger partial charge in [0.15, 0.2) is 0 Å². The summed E-state index contributed by atoms with van der Waals surface area (Å²) in [6.07, 6.45) is 7.60. The zero-order valence-corrected chi connectivity index (χ0v) is 15.9. The monoisotopic (exact) mass is 365 g/mol. The molecule has 0 atom stereocenters. The summed E-state index contributed by atoms with van der Waals surface area (Å²) in [4.78, 5) is 25.2. The van der Waals surface area contributed by atoms with E-state index in [1.807, 2.05) is 47.0 Å². The van der Waals surface area contributed by atoms with Crippen molar-refractivity contribution in [1.29, 1.82) is 0 Å². The summed E-state index contributed by atoms with van der Waals surface area (Å²) in [6.45, 7) is 2.83. The Labute approximate surface area is 159 Å². The Morgan fingerprint density at radius 3 is 2.52 bits per heavy atom. The molecular formula is C22H27N3O2. The molecule has 142 valence electrons. The smallest absolute Gasteiger partial charge is 0.275 e. The van der Waals surface area contributed by atoms with E-state index in [1.165, 1.54) is 12.8 Å². The molecule has 0 aliphatic heterocycles. The maximum atomic E-state index is 12.9. The van der Waals surface area contributed by atoms with E-state index >= 15 is 0 Å². The zero-order valence-electron chi connectivity index (χ0n) is 15.9. The molecule has 0 spiro atoms. The molecule has 2 heterocycles. The summed E-state index contributed by atoms with van der Waals surface area (Å²) in [5.41, 5.74) is 2.60. The molecule has 0 saturated heterocycles. The standard InChI is InChI=1S/C22H27N3O2/c1-16-10-12-17(13-11-16)23-21(26)9-5-15-25-19-7-3-2-6-18(19)24-14-4-8-20(24)22(25)27/h2-4,6-8,14,16-17H,5,9-13,15H2,1H3,(H,23,26). The number of nitrogens with zero attached hydrogens (tertiary/aromatic N) is 2. The predicted molar refractivity (Wildman–Crippen MR) is 108 cm³/mol. The molecule has 0 bridgehead atoms. The average Bonchev–Trinajstić information content (AvgIpc) is 3.17. The van der Waals surface area contributed by atoms with Gasteiger partial charge in [-0.2, -0.15) is 0 Å². The minimum absolute atomic E-state index is 0.000348. The fourth-order valence-corrected chi connectivity index (χ4v) is 4.23. The highest BCUT2D eigenvalue weighted by molar-refractivity contribution is 5.79. The van der Waals surface area contributed by atoms with Gasteiger partial charge in [0.25, 0.3) is 5.56 Å². The fraction of sp³-hybridized carbons (Fsp3) is 0.455. The summed E-state index contributed by atoms with van der Waals surface area (Å²) in [7, 11) is 0. The van der Waals surface area contributed by atoms with Crippen molar-refractivity contribution in [3.8, 4) is 0 Å². The van der Waals surface area contributed by atoms with E-state index in [0.717, 1.165) is 29.8 Å². The van der Waals surface area contributed by atoms with Crippen LogP contribution in [0.5, 0.6) is 0 Å². The zero-order chi connectivity index (χ0) is 18.8. The number of fused-ring (bicyclic) bond motifs is 3. The van der Waals surface area contributed by atoms with Crippen LogP contribution in [0, 0.1) is 5.92 Å².